The summed E-state index contributed by atoms with van der Waals surface area (Å²) in [6, 6.07) is 4.17. The van der Waals surface area contributed by atoms with E-state index in [-0.39, 0.29) is 24.0 Å². The van der Waals surface area contributed by atoms with Crippen molar-refractivity contribution in [3.05, 3.63) is 34.5 Å². The topological polar surface area (TPSA) is 67.1 Å². The summed E-state index contributed by atoms with van der Waals surface area (Å²) >= 11 is 1.74. The van der Waals surface area contributed by atoms with Gasteiger partial charge in [0.15, 0.2) is 5.96 Å². The first kappa shape index (κ1) is 20.9. The first-order valence-corrected chi connectivity index (χ1v) is 9.12. The number of aliphatic imine (C=N–C) groups is 1. The second-order valence-corrected chi connectivity index (χ2v) is 6.28. The van der Waals surface area contributed by atoms with Gasteiger partial charge in [0.2, 0.25) is 0 Å². The van der Waals surface area contributed by atoms with E-state index in [1.54, 1.807) is 17.7 Å². The second kappa shape index (κ2) is 12.2. The molecule has 2 rings (SSSR count). The molecule has 0 radical (unpaired) electrons. The van der Waals surface area contributed by atoms with Crippen molar-refractivity contribution in [2.75, 3.05) is 13.1 Å². The van der Waals surface area contributed by atoms with E-state index < -0.39 is 0 Å². The Hall–Kier alpha value is -1.16. The van der Waals surface area contributed by atoms with Crippen molar-refractivity contribution in [1.29, 1.82) is 0 Å². The fourth-order valence-corrected chi connectivity index (χ4v) is 2.78. The smallest absolute Gasteiger partial charge is 0.191 e. The first-order valence-electron chi connectivity index (χ1n) is 8.24. The summed E-state index contributed by atoms with van der Waals surface area (Å²) in [6.07, 6.45) is 5.00. The van der Waals surface area contributed by atoms with Crippen LogP contribution in [0, 0.1) is 0 Å². The molecule has 0 atom stereocenters. The van der Waals surface area contributed by atoms with Gasteiger partial charge in [0, 0.05) is 30.9 Å². The molecule has 0 aliphatic heterocycles. The van der Waals surface area contributed by atoms with Crippen molar-refractivity contribution in [2.45, 2.75) is 46.2 Å². The van der Waals surface area contributed by atoms with Gasteiger partial charge >= 0.3 is 0 Å². The summed E-state index contributed by atoms with van der Waals surface area (Å²) in [5.74, 6) is 1.89. The van der Waals surface area contributed by atoms with E-state index in [0.717, 1.165) is 44.3 Å². The number of halogens is 1. The number of nitrogens with one attached hydrogen (secondary N) is 2. The van der Waals surface area contributed by atoms with Gasteiger partial charge in [-0.3, -0.25) is 0 Å². The van der Waals surface area contributed by atoms with Crippen molar-refractivity contribution < 1.29 is 0 Å². The Labute approximate surface area is 165 Å². The number of aryl methyl sites for hydroxylation is 1. The lowest BCUT2D eigenvalue weighted by Crippen LogP contribution is -2.39. The predicted octanol–water partition coefficient (Wildman–Crippen LogP) is 3.06. The Balaban J connectivity index is 0.00000288. The normalized spacial score (nSPS) is 11.2. The number of hydrogen-bond donors (Lipinski definition) is 2. The SMILES string of the molecule is CCCCNC(=NCc1cccs1)NCCn1cnnc1CC.I. The van der Waals surface area contributed by atoms with E-state index >= 15 is 0 Å². The van der Waals surface area contributed by atoms with Crippen LogP contribution in [-0.2, 0) is 19.5 Å². The number of aromatic nitrogens is 3. The molecule has 134 valence electrons. The highest BCUT2D eigenvalue weighted by Crippen LogP contribution is 2.09. The highest BCUT2D eigenvalue weighted by atomic mass is 127. The zero-order valence-electron chi connectivity index (χ0n) is 14.4. The van der Waals surface area contributed by atoms with Gasteiger partial charge < -0.3 is 15.2 Å². The molecule has 2 aromatic heterocycles. The van der Waals surface area contributed by atoms with Crippen LogP contribution < -0.4 is 10.6 Å². The maximum Gasteiger partial charge on any atom is 0.191 e. The van der Waals surface area contributed by atoms with Gasteiger partial charge in [-0.25, -0.2) is 4.99 Å². The Morgan fingerprint density at radius 2 is 2.12 bits per heavy atom. The molecule has 0 bridgehead atoms. The van der Waals surface area contributed by atoms with Crippen LogP contribution in [0.5, 0.6) is 0 Å². The largest absolute Gasteiger partial charge is 0.356 e. The summed E-state index contributed by atoms with van der Waals surface area (Å²) in [6.45, 7) is 7.58. The minimum atomic E-state index is 0. The van der Waals surface area contributed by atoms with Crippen LogP contribution in [0.2, 0.25) is 0 Å². The zero-order chi connectivity index (χ0) is 16.3. The summed E-state index contributed by atoms with van der Waals surface area (Å²) in [5.41, 5.74) is 0. The van der Waals surface area contributed by atoms with Gasteiger partial charge in [0.1, 0.15) is 12.2 Å². The van der Waals surface area contributed by atoms with Crippen LogP contribution >= 0.6 is 35.3 Å². The van der Waals surface area contributed by atoms with Crippen molar-refractivity contribution in [3.8, 4) is 0 Å². The number of unbranched alkanes of at least 4 members (excludes halogenated alkanes) is 1. The second-order valence-electron chi connectivity index (χ2n) is 5.25. The number of guanidine groups is 1. The van der Waals surface area contributed by atoms with Gasteiger partial charge in [-0.2, -0.15) is 0 Å². The maximum atomic E-state index is 4.66. The Morgan fingerprint density at radius 1 is 1.29 bits per heavy atom. The molecule has 8 heteroatoms. The number of nitrogens with zero attached hydrogens (tertiary/aromatic N) is 4. The minimum Gasteiger partial charge on any atom is -0.356 e. The first-order chi connectivity index (χ1) is 11.3. The summed E-state index contributed by atoms with van der Waals surface area (Å²) in [7, 11) is 0. The van der Waals surface area contributed by atoms with Gasteiger partial charge in [-0.1, -0.05) is 26.3 Å². The standard InChI is InChI=1S/C16H26N6S.HI/c1-3-5-8-17-16(19-12-14-7-6-11-23-14)18-9-10-22-13-20-21-15(22)4-2;/h6-7,11,13H,3-5,8-10,12H2,1-2H3,(H2,17,18,19);1H. The lowest BCUT2D eigenvalue weighted by atomic mass is 10.3. The highest BCUT2D eigenvalue weighted by Gasteiger charge is 2.03. The van der Waals surface area contributed by atoms with Crippen molar-refractivity contribution >= 4 is 41.3 Å². The van der Waals surface area contributed by atoms with E-state index in [9.17, 15) is 0 Å². The Morgan fingerprint density at radius 3 is 2.83 bits per heavy atom. The number of hydrogen-bond acceptors (Lipinski definition) is 4. The van der Waals surface area contributed by atoms with Gasteiger partial charge in [-0.05, 0) is 17.9 Å². The van der Waals surface area contributed by atoms with E-state index in [2.05, 4.69) is 61.8 Å². The van der Waals surface area contributed by atoms with Crippen LogP contribution in [0.1, 0.15) is 37.4 Å². The van der Waals surface area contributed by atoms with Crippen LogP contribution in [0.4, 0.5) is 0 Å². The molecule has 2 heterocycles. The molecular weight excluding hydrogens is 435 g/mol. The van der Waals surface area contributed by atoms with Crippen LogP contribution in [0.15, 0.2) is 28.8 Å². The molecule has 0 aliphatic rings. The lowest BCUT2D eigenvalue weighted by Gasteiger charge is -2.13. The maximum absolute atomic E-state index is 4.66. The number of thiophene rings is 1. The average molecular weight is 462 g/mol. The molecular formula is C16H27IN6S. The van der Waals surface area contributed by atoms with Gasteiger partial charge in [-0.15, -0.1) is 45.5 Å². The zero-order valence-corrected chi connectivity index (χ0v) is 17.5. The monoisotopic (exact) mass is 462 g/mol. The third kappa shape index (κ3) is 7.16. The van der Waals surface area contributed by atoms with E-state index in [1.165, 1.54) is 11.3 Å². The average Bonchev–Trinajstić information content (AvgIpc) is 3.23. The highest BCUT2D eigenvalue weighted by molar-refractivity contribution is 14.0. The molecule has 24 heavy (non-hydrogen) atoms. The third-order valence-corrected chi connectivity index (χ3v) is 4.31. The van der Waals surface area contributed by atoms with Crippen molar-refractivity contribution in [3.63, 3.8) is 0 Å². The summed E-state index contributed by atoms with van der Waals surface area (Å²) in [4.78, 5) is 5.94. The molecule has 0 spiro atoms. The van der Waals surface area contributed by atoms with E-state index in [0.29, 0.717) is 6.54 Å². The Kier molecular flexibility index (Phi) is 10.6. The van der Waals surface area contributed by atoms with Crippen LogP contribution in [0.25, 0.3) is 0 Å². The molecule has 0 saturated heterocycles. The predicted molar refractivity (Wildman–Crippen MR) is 111 cm³/mol. The molecule has 6 nitrogen and oxygen atoms in total. The quantitative estimate of drug-likeness (QED) is 0.260. The molecule has 0 aliphatic carbocycles. The third-order valence-electron chi connectivity index (χ3n) is 3.45. The molecule has 2 aromatic rings. The van der Waals surface area contributed by atoms with Crippen LogP contribution in [-0.4, -0.2) is 33.8 Å². The molecule has 0 amide bonds. The fourth-order valence-electron chi connectivity index (χ4n) is 2.15. The minimum absolute atomic E-state index is 0. The lowest BCUT2D eigenvalue weighted by molar-refractivity contribution is 0.629. The van der Waals surface area contributed by atoms with E-state index in [4.69, 9.17) is 0 Å². The molecule has 0 aromatic carbocycles. The molecule has 0 fully saturated rings. The van der Waals surface area contributed by atoms with E-state index in [1.807, 2.05) is 0 Å². The van der Waals surface area contributed by atoms with Crippen molar-refractivity contribution in [1.82, 2.24) is 25.4 Å². The number of rotatable bonds is 9. The van der Waals surface area contributed by atoms with Gasteiger partial charge in [0.25, 0.3) is 0 Å². The molecule has 0 unspecified atom stereocenters. The van der Waals surface area contributed by atoms with Crippen molar-refractivity contribution in [2.24, 2.45) is 4.99 Å². The molecule has 0 saturated carbocycles. The fraction of sp³-hybridized carbons (Fsp3) is 0.562. The summed E-state index contributed by atoms with van der Waals surface area (Å²) in [5, 5.41) is 16.9. The summed E-state index contributed by atoms with van der Waals surface area (Å²) < 4.78 is 2.08. The molecule has 2 N–H and O–H groups in total. The van der Waals surface area contributed by atoms with Gasteiger partial charge in [0.05, 0.1) is 6.54 Å². The van der Waals surface area contributed by atoms with Crippen LogP contribution in [0.3, 0.4) is 0 Å². The Bertz CT molecular complexity index is 581.